The molecule has 5 nitrogen and oxygen atoms in total. The summed E-state index contributed by atoms with van der Waals surface area (Å²) >= 11 is 6.18. The number of hydrogen-bond donors (Lipinski definition) is 1. The molecule has 3 aromatic carbocycles. The second-order valence-corrected chi connectivity index (χ2v) is 9.26. The largest absolute Gasteiger partial charge is 0.350 e. The zero-order chi connectivity index (χ0) is 23.7. The molecule has 3 fully saturated rings. The summed E-state index contributed by atoms with van der Waals surface area (Å²) in [6.07, 6.45) is 0.863. The molecule has 6 rings (SSSR count). The average Bonchev–Trinajstić information content (AvgIpc) is 2.85. The minimum Gasteiger partial charge on any atom is -0.350 e. The molecule has 1 N–H and O–H groups in total. The number of piperazine rings is 1. The van der Waals surface area contributed by atoms with Crippen molar-refractivity contribution in [1.29, 1.82) is 0 Å². The van der Waals surface area contributed by atoms with Crippen LogP contribution in [0, 0.1) is 5.82 Å². The van der Waals surface area contributed by atoms with E-state index in [9.17, 15) is 14.0 Å². The Morgan fingerprint density at radius 1 is 0.971 bits per heavy atom. The first-order valence-corrected chi connectivity index (χ1v) is 11.8. The molecule has 0 aliphatic carbocycles. The molecule has 3 atom stereocenters. The number of carbonyl (C=O) groups excluding carboxylic acids is 2. The summed E-state index contributed by atoms with van der Waals surface area (Å²) in [5, 5.41) is 3.32. The molecule has 2 unspecified atom stereocenters. The number of benzene rings is 3. The zero-order valence-electron chi connectivity index (χ0n) is 18.5. The number of amides is 2. The third-order valence-corrected chi connectivity index (χ3v) is 6.98. The van der Waals surface area contributed by atoms with Gasteiger partial charge in [0.25, 0.3) is 5.91 Å². The predicted octanol–water partition coefficient (Wildman–Crippen LogP) is 4.44. The lowest BCUT2D eigenvalue weighted by Crippen LogP contribution is -2.71. The first kappa shape index (κ1) is 22.6. The van der Waals surface area contributed by atoms with E-state index >= 15 is 0 Å². The van der Waals surface area contributed by atoms with Gasteiger partial charge in [-0.2, -0.15) is 0 Å². The van der Waals surface area contributed by atoms with Crippen LogP contribution in [0.4, 0.5) is 4.39 Å². The highest BCUT2D eigenvalue weighted by molar-refractivity contribution is 6.33. The number of fused-ring (bicyclic) bond motifs is 2. The van der Waals surface area contributed by atoms with Crippen molar-refractivity contribution in [2.75, 3.05) is 13.1 Å². The second kappa shape index (κ2) is 9.57. The van der Waals surface area contributed by atoms with Crippen molar-refractivity contribution in [3.63, 3.8) is 0 Å². The topological polar surface area (TPSA) is 52.7 Å². The Labute approximate surface area is 203 Å². The summed E-state index contributed by atoms with van der Waals surface area (Å²) < 4.78 is 13.7. The number of hydrogen-bond acceptors (Lipinski definition) is 3. The maximum Gasteiger partial charge on any atom is 0.256 e. The molecule has 0 spiro atoms. The smallest absolute Gasteiger partial charge is 0.256 e. The van der Waals surface area contributed by atoms with Crippen molar-refractivity contribution < 1.29 is 14.0 Å². The Balaban J connectivity index is 1.32. The Hall–Kier alpha value is -3.22. The van der Waals surface area contributed by atoms with E-state index < -0.39 is 11.9 Å². The number of rotatable bonds is 6. The van der Waals surface area contributed by atoms with Crippen LogP contribution < -0.4 is 5.32 Å². The second-order valence-electron chi connectivity index (χ2n) is 8.85. The van der Waals surface area contributed by atoms with Crippen LogP contribution in [0.25, 0.3) is 0 Å². The normalized spacial score (nSPS) is 20.4. The molecule has 3 saturated heterocycles. The van der Waals surface area contributed by atoms with Crippen molar-refractivity contribution in [2.24, 2.45) is 0 Å². The van der Waals surface area contributed by atoms with Gasteiger partial charge in [-0.15, -0.1) is 0 Å². The van der Waals surface area contributed by atoms with E-state index in [1.165, 1.54) is 18.2 Å². The Bertz CT molecular complexity index is 1180. The summed E-state index contributed by atoms with van der Waals surface area (Å²) in [5.74, 6) is -0.808. The molecule has 0 aromatic heterocycles. The first-order valence-electron chi connectivity index (χ1n) is 11.4. The standard InChI is InChI=1S/C27H25ClFN3O2/c28-24-12-11-20(29)13-23(24)27(34)32-21-14-22(32)17-31(16-21)25(19-9-5-2-6-10-19)26(33)30-15-18-7-3-1-4-8-18/h1-13,21-22,25H,14-17H2,(H,30,33)/t21?,22?,25-/m1/s1. The molecule has 2 bridgehead atoms. The molecule has 7 heteroatoms. The number of nitrogens with zero attached hydrogens (tertiary/aromatic N) is 2. The minimum absolute atomic E-state index is 0.0429. The van der Waals surface area contributed by atoms with Crippen molar-refractivity contribution in [3.05, 3.63) is 106 Å². The molecule has 2 amide bonds. The van der Waals surface area contributed by atoms with E-state index in [-0.39, 0.29) is 34.5 Å². The molecule has 3 aliphatic rings. The van der Waals surface area contributed by atoms with Crippen LogP contribution in [0.15, 0.2) is 78.9 Å². The summed E-state index contributed by atoms with van der Waals surface area (Å²) in [6, 6.07) is 22.8. The number of nitrogens with one attached hydrogen (secondary N) is 1. The van der Waals surface area contributed by atoms with Crippen molar-refractivity contribution in [2.45, 2.75) is 31.1 Å². The van der Waals surface area contributed by atoms with Crippen LogP contribution >= 0.6 is 11.6 Å². The van der Waals surface area contributed by atoms with Crippen LogP contribution in [0.3, 0.4) is 0 Å². The van der Waals surface area contributed by atoms with Gasteiger partial charge in [-0.1, -0.05) is 72.3 Å². The van der Waals surface area contributed by atoms with E-state index in [0.717, 1.165) is 17.5 Å². The number of carbonyl (C=O) groups is 2. The SMILES string of the molecule is O=C(NCc1ccccc1)[C@@H](c1ccccc1)N1CC2CC(C1)N2C(=O)c1cc(F)ccc1Cl. The van der Waals surface area contributed by atoms with E-state index in [2.05, 4.69) is 10.2 Å². The lowest BCUT2D eigenvalue weighted by Gasteiger charge is -2.57. The monoisotopic (exact) mass is 477 g/mol. The highest BCUT2D eigenvalue weighted by Gasteiger charge is 2.50. The molecule has 174 valence electrons. The quantitative estimate of drug-likeness (QED) is 0.571. The first-order chi connectivity index (χ1) is 16.5. The van der Waals surface area contributed by atoms with Gasteiger partial charge in [-0.3, -0.25) is 14.5 Å². The third-order valence-electron chi connectivity index (χ3n) is 6.65. The van der Waals surface area contributed by atoms with Crippen LogP contribution in [0.2, 0.25) is 5.02 Å². The van der Waals surface area contributed by atoms with E-state index in [4.69, 9.17) is 11.6 Å². The van der Waals surface area contributed by atoms with Gasteiger partial charge in [0.1, 0.15) is 11.9 Å². The summed E-state index contributed by atoms with van der Waals surface area (Å²) in [4.78, 5) is 30.4. The fraction of sp³-hybridized carbons (Fsp3) is 0.259. The number of halogens is 2. The van der Waals surface area contributed by atoms with Crippen molar-refractivity contribution in [3.8, 4) is 0 Å². The molecule has 34 heavy (non-hydrogen) atoms. The van der Waals surface area contributed by atoms with Gasteiger partial charge in [-0.05, 0) is 35.7 Å². The maximum atomic E-state index is 13.7. The van der Waals surface area contributed by atoms with Gasteiger partial charge in [-0.25, -0.2) is 4.39 Å². The molecule has 0 saturated carbocycles. The van der Waals surface area contributed by atoms with Crippen LogP contribution in [0.5, 0.6) is 0 Å². The lowest BCUT2D eigenvalue weighted by molar-refractivity contribution is -0.131. The van der Waals surface area contributed by atoms with Gasteiger partial charge in [0.15, 0.2) is 0 Å². The van der Waals surface area contributed by atoms with E-state index in [0.29, 0.717) is 19.6 Å². The Morgan fingerprint density at radius 3 is 2.29 bits per heavy atom. The highest BCUT2D eigenvalue weighted by Crippen LogP contribution is 2.38. The van der Waals surface area contributed by atoms with Crippen LogP contribution in [0.1, 0.15) is 33.9 Å². The molecular formula is C27H25ClFN3O2. The lowest BCUT2D eigenvalue weighted by atomic mass is 9.84. The molecular weight excluding hydrogens is 453 g/mol. The number of piperidine rings is 1. The summed E-state index contributed by atoms with van der Waals surface area (Å²) in [7, 11) is 0. The van der Waals surface area contributed by atoms with Gasteiger partial charge >= 0.3 is 0 Å². The maximum absolute atomic E-state index is 13.7. The summed E-state index contributed by atoms with van der Waals surface area (Å²) in [6.45, 7) is 1.58. The molecule has 0 radical (unpaired) electrons. The Kier molecular flexibility index (Phi) is 6.35. The van der Waals surface area contributed by atoms with E-state index in [1.54, 1.807) is 4.90 Å². The molecule has 3 aromatic rings. The van der Waals surface area contributed by atoms with Crippen molar-refractivity contribution in [1.82, 2.24) is 15.1 Å². The van der Waals surface area contributed by atoms with E-state index in [1.807, 2.05) is 60.7 Å². The van der Waals surface area contributed by atoms with Crippen molar-refractivity contribution >= 4 is 23.4 Å². The Morgan fingerprint density at radius 2 is 1.62 bits per heavy atom. The van der Waals surface area contributed by atoms with Crippen LogP contribution in [-0.4, -0.2) is 46.8 Å². The average molecular weight is 478 g/mol. The minimum atomic E-state index is -0.487. The fourth-order valence-electron chi connectivity index (χ4n) is 5.03. The highest BCUT2D eigenvalue weighted by atomic mass is 35.5. The van der Waals surface area contributed by atoms with Gasteiger partial charge < -0.3 is 10.2 Å². The fourth-order valence-corrected chi connectivity index (χ4v) is 5.23. The molecule has 3 heterocycles. The predicted molar refractivity (Wildman–Crippen MR) is 129 cm³/mol. The van der Waals surface area contributed by atoms with Gasteiger partial charge in [0.2, 0.25) is 5.91 Å². The van der Waals surface area contributed by atoms with Gasteiger partial charge in [0.05, 0.1) is 10.6 Å². The molecule has 3 aliphatic heterocycles. The zero-order valence-corrected chi connectivity index (χ0v) is 19.3. The van der Waals surface area contributed by atoms with Gasteiger partial charge in [0, 0.05) is 31.7 Å². The third kappa shape index (κ3) is 4.43. The summed E-state index contributed by atoms with van der Waals surface area (Å²) in [5.41, 5.74) is 2.14. The van der Waals surface area contributed by atoms with Crippen LogP contribution in [-0.2, 0) is 11.3 Å².